The first-order valence-corrected chi connectivity index (χ1v) is 8.35. The van der Waals surface area contributed by atoms with Crippen LogP contribution in [0.25, 0.3) is 11.0 Å². The molecule has 1 aromatic carbocycles. The molecule has 0 spiro atoms. The van der Waals surface area contributed by atoms with Crippen LogP contribution in [0.15, 0.2) is 27.1 Å². The number of nitrogens with one attached hydrogen (secondary N) is 1. The van der Waals surface area contributed by atoms with E-state index in [4.69, 9.17) is 4.42 Å². The normalized spacial score (nSPS) is 22.4. The van der Waals surface area contributed by atoms with Crippen molar-refractivity contribution in [2.45, 2.75) is 45.6 Å². The molecule has 112 valence electrons. The van der Waals surface area contributed by atoms with Crippen LogP contribution >= 0.6 is 15.9 Å². The number of hydrogen-bond acceptors (Lipinski definition) is 2. The Kier molecular flexibility index (Phi) is 4.07. The fourth-order valence-corrected chi connectivity index (χ4v) is 3.54. The zero-order valence-electron chi connectivity index (χ0n) is 12.4. The molecule has 1 aliphatic rings. The maximum atomic E-state index is 12.5. The van der Waals surface area contributed by atoms with Gasteiger partial charge in [-0.1, -0.05) is 35.7 Å². The first-order valence-electron chi connectivity index (χ1n) is 7.56. The van der Waals surface area contributed by atoms with E-state index in [2.05, 4.69) is 28.2 Å². The smallest absolute Gasteiger partial charge is 0.287 e. The van der Waals surface area contributed by atoms with E-state index in [1.54, 1.807) is 0 Å². The van der Waals surface area contributed by atoms with Crippen LogP contribution in [0.2, 0.25) is 0 Å². The molecule has 4 heteroatoms. The fourth-order valence-electron chi connectivity index (χ4n) is 3.17. The summed E-state index contributed by atoms with van der Waals surface area (Å²) in [7, 11) is 0. The highest BCUT2D eigenvalue weighted by Crippen LogP contribution is 2.29. The summed E-state index contributed by atoms with van der Waals surface area (Å²) in [5.74, 6) is 0.904. The van der Waals surface area contributed by atoms with Crippen molar-refractivity contribution in [2.75, 3.05) is 0 Å². The highest BCUT2D eigenvalue weighted by atomic mass is 79.9. The van der Waals surface area contributed by atoms with Gasteiger partial charge in [0.05, 0.1) is 0 Å². The fraction of sp³-hybridized carbons (Fsp3) is 0.471. The Labute approximate surface area is 133 Å². The highest BCUT2D eigenvalue weighted by Gasteiger charge is 2.25. The first kappa shape index (κ1) is 14.6. The van der Waals surface area contributed by atoms with Gasteiger partial charge in [0.15, 0.2) is 5.76 Å². The van der Waals surface area contributed by atoms with Crippen LogP contribution in [0.4, 0.5) is 0 Å². The molecule has 1 aliphatic carbocycles. The van der Waals surface area contributed by atoms with E-state index in [0.29, 0.717) is 11.7 Å². The van der Waals surface area contributed by atoms with E-state index in [-0.39, 0.29) is 11.9 Å². The number of carbonyl (C=O) groups is 1. The van der Waals surface area contributed by atoms with Crippen molar-refractivity contribution < 1.29 is 9.21 Å². The monoisotopic (exact) mass is 349 g/mol. The van der Waals surface area contributed by atoms with Crippen molar-refractivity contribution >= 4 is 32.8 Å². The van der Waals surface area contributed by atoms with Gasteiger partial charge >= 0.3 is 0 Å². The van der Waals surface area contributed by atoms with Crippen LogP contribution in [-0.4, -0.2) is 11.9 Å². The highest BCUT2D eigenvalue weighted by molar-refractivity contribution is 9.10. The number of rotatable bonds is 2. The second kappa shape index (κ2) is 5.84. The molecule has 0 unspecified atom stereocenters. The summed E-state index contributed by atoms with van der Waals surface area (Å²) in [6, 6.07) is 6.09. The number of aryl methyl sites for hydroxylation is 1. The summed E-state index contributed by atoms with van der Waals surface area (Å²) in [5.41, 5.74) is 1.67. The molecule has 1 fully saturated rings. The average molecular weight is 350 g/mol. The third-order valence-corrected chi connectivity index (χ3v) is 5.03. The molecule has 21 heavy (non-hydrogen) atoms. The zero-order chi connectivity index (χ0) is 15.0. The number of benzene rings is 1. The molecule has 1 N–H and O–H groups in total. The average Bonchev–Trinajstić information content (AvgIpc) is 2.79. The van der Waals surface area contributed by atoms with Gasteiger partial charge in [-0.15, -0.1) is 0 Å². The zero-order valence-corrected chi connectivity index (χ0v) is 14.0. The maximum Gasteiger partial charge on any atom is 0.287 e. The Bertz CT molecular complexity index is 677. The SMILES string of the molecule is Cc1c(C(=O)N[C@@H]2CCCC[C@@H]2C)oc2ccc(Br)cc12. The molecule has 3 nitrogen and oxygen atoms in total. The molecule has 0 bridgehead atoms. The molecule has 0 saturated heterocycles. The number of amides is 1. The van der Waals surface area contributed by atoms with Crippen molar-refractivity contribution in [3.05, 3.63) is 34.0 Å². The van der Waals surface area contributed by atoms with E-state index in [0.717, 1.165) is 27.4 Å². The third-order valence-electron chi connectivity index (χ3n) is 4.53. The molecule has 0 radical (unpaired) electrons. The van der Waals surface area contributed by atoms with Crippen LogP contribution < -0.4 is 5.32 Å². The molecule has 0 aliphatic heterocycles. The Balaban J connectivity index is 1.86. The van der Waals surface area contributed by atoms with E-state index in [1.165, 1.54) is 19.3 Å². The van der Waals surface area contributed by atoms with Crippen LogP contribution in [0.5, 0.6) is 0 Å². The van der Waals surface area contributed by atoms with Crippen LogP contribution in [0, 0.1) is 12.8 Å². The van der Waals surface area contributed by atoms with Crippen molar-refractivity contribution in [2.24, 2.45) is 5.92 Å². The minimum atomic E-state index is -0.0847. The molecule has 1 heterocycles. The second-order valence-electron chi connectivity index (χ2n) is 6.04. The van der Waals surface area contributed by atoms with E-state index in [1.807, 2.05) is 25.1 Å². The minimum absolute atomic E-state index is 0.0847. The molecule has 3 rings (SSSR count). The van der Waals surface area contributed by atoms with E-state index in [9.17, 15) is 4.79 Å². The van der Waals surface area contributed by atoms with Crippen molar-refractivity contribution in [1.29, 1.82) is 0 Å². The predicted octanol–water partition coefficient (Wildman–Crippen LogP) is 4.81. The van der Waals surface area contributed by atoms with E-state index < -0.39 is 0 Å². The van der Waals surface area contributed by atoms with Gasteiger partial charge in [-0.3, -0.25) is 4.79 Å². The van der Waals surface area contributed by atoms with Crippen molar-refractivity contribution in [3.8, 4) is 0 Å². The molecular formula is C17H20BrNO2. The van der Waals surface area contributed by atoms with Gasteiger partial charge in [-0.05, 0) is 43.9 Å². The summed E-state index contributed by atoms with van der Waals surface area (Å²) in [6.07, 6.45) is 4.72. The first-order chi connectivity index (χ1) is 10.1. The van der Waals surface area contributed by atoms with Crippen molar-refractivity contribution in [3.63, 3.8) is 0 Å². The number of carbonyl (C=O) groups excluding carboxylic acids is 1. The lowest BCUT2D eigenvalue weighted by Gasteiger charge is -2.29. The third kappa shape index (κ3) is 2.86. The lowest BCUT2D eigenvalue weighted by atomic mass is 9.86. The quantitative estimate of drug-likeness (QED) is 0.844. The number of fused-ring (bicyclic) bond motifs is 1. The summed E-state index contributed by atoms with van der Waals surface area (Å²) >= 11 is 3.46. The van der Waals surface area contributed by atoms with Gasteiger partial charge < -0.3 is 9.73 Å². The van der Waals surface area contributed by atoms with Gasteiger partial charge in [0.1, 0.15) is 5.58 Å². The second-order valence-corrected chi connectivity index (χ2v) is 6.95. The Morgan fingerprint density at radius 1 is 1.33 bits per heavy atom. The van der Waals surface area contributed by atoms with Crippen LogP contribution in [0.1, 0.15) is 48.7 Å². The molecule has 1 amide bonds. The summed E-state index contributed by atoms with van der Waals surface area (Å²) in [5, 5.41) is 4.15. The lowest BCUT2D eigenvalue weighted by molar-refractivity contribution is 0.0883. The number of hydrogen-bond donors (Lipinski definition) is 1. The lowest BCUT2D eigenvalue weighted by Crippen LogP contribution is -2.41. The van der Waals surface area contributed by atoms with Gasteiger partial charge in [0.2, 0.25) is 0 Å². The van der Waals surface area contributed by atoms with Crippen molar-refractivity contribution in [1.82, 2.24) is 5.32 Å². The Hall–Kier alpha value is -1.29. The molecule has 2 aromatic rings. The van der Waals surface area contributed by atoms with Crippen LogP contribution in [0.3, 0.4) is 0 Å². The van der Waals surface area contributed by atoms with Gasteiger partial charge in [-0.25, -0.2) is 0 Å². The number of halogens is 1. The summed E-state index contributed by atoms with van der Waals surface area (Å²) in [4.78, 5) is 12.5. The predicted molar refractivity (Wildman–Crippen MR) is 87.5 cm³/mol. The Morgan fingerprint density at radius 2 is 2.10 bits per heavy atom. The Morgan fingerprint density at radius 3 is 2.86 bits per heavy atom. The standard InChI is InChI=1S/C17H20BrNO2/c1-10-5-3-4-6-14(10)19-17(20)16-11(2)13-9-12(18)7-8-15(13)21-16/h7-10,14H,3-6H2,1-2H3,(H,19,20)/t10-,14+/m0/s1. The minimum Gasteiger partial charge on any atom is -0.451 e. The molecular weight excluding hydrogens is 330 g/mol. The topological polar surface area (TPSA) is 42.2 Å². The molecule has 2 atom stereocenters. The maximum absolute atomic E-state index is 12.5. The van der Waals surface area contributed by atoms with E-state index >= 15 is 0 Å². The van der Waals surface area contributed by atoms with Gasteiger partial charge in [-0.2, -0.15) is 0 Å². The molecule has 1 saturated carbocycles. The summed E-state index contributed by atoms with van der Waals surface area (Å²) < 4.78 is 6.75. The van der Waals surface area contributed by atoms with Gasteiger partial charge in [0, 0.05) is 21.5 Å². The van der Waals surface area contributed by atoms with Gasteiger partial charge in [0.25, 0.3) is 5.91 Å². The van der Waals surface area contributed by atoms with Crippen LogP contribution in [-0.2, 0) is 0 Å². The summed E-state index contributed by atoms with van der Waals surface area (Å²) in [6.45, 7) is 4.16. The largest absolute Gasteiger partial charge is 0.451 e. The number of furan rings is 1. The molecule has 1 aromatic heterocycles.